The minimum absolute atomic E-state index is 0. The van der Waals surface area contributed by atoms with Crippen molar-refractivity contribution in [2.75, 3.05) is 11.4 Å². The first-order valence-corrected chi connectivity index (χ1v) is 12.8. The van der Waals surface area contributed by atoms with E-state index in [0.717, 1.165) is 34.1 Å². The van der Waals surface area contributed by atoms with Gasteiger partial charge in [-0.05, 0) is 31.7 Å². The highest BCUT2D eigenvalue weighted by Crippen LogP contribution is 2.34. The van der Waals surface area contributed by atoms with Crippen molar-refractivity contribution in [2.24, 2.45) is 5.92 Å². The normalized spacial score (nSPS) is 11.5. The minimum Gasteiger partial charge on any atom is -0.480 e. The molecule has 3 aromatic heterocycles. The smallest absolute Gasteiger partial charge is 0.319 e. The largest absolute Gasteiger partial charge is 0.480 e. The molecule has 0 bridgehead atoms. The average molecular weight is 525 g/mol. The van der Waals surface area contributed by atoms with Crippen LogP contribution in [0.15, 0.2) is 34.5 Å². The van der Waals surface area contributed by atoms with Gasteiger partial charge in [0, 0.05) is 55.6 Å². The molecular weight excluding hydrogens is 492 g/mol. The molecule has 0 saturated heterocycles. The molecule has 3 aromatic rings. The zero-order chi connectivity index (χ0) is 24.0. The quantitative estimate of drug-likeness (QED) is 0.331. The van der Waals surface area contributed by atoms with Crippen molar-refractivity contribution in [1.82, 2.24) is 24.7 Å². The molecule has 0 unspecified atom stereocenters. The van der Waals surface area contributed by atoms with Crippen LogP contribution < -0.4 is 4.90 Å². The third-order valence-electron chi connectivity index (χ3n) is 5.02. The summed E-state index contributed by atoms with van der Waals surface area (Å²) in [6.45, 7) is 12.1. The summed E-state index contributed by atoms with van der Waals surface area (Å²) in [5.41, 5.74) is 3.15. The number of thioether (sulfide) groups is 1. The molecule has 34 heavy (non-hydrogen) atoms. The Morgan fingerprint density at radius 3 is 2.56 bits per heavy atom. The summed E-state index contributed by atoms with van der Waals surface area (Å²) >= 11 is 2.76. The molecular formula is C23H33ClN6O2S2. The number of nitrogens with zero attached hydrogens (tertiary/aromatic N) is 6. The van der Waals surface area contributed by atoms with E-state index in [-0.39, 0.29) is 12.4 Å². The van der Waals surface area contributed by atoms with Gasteiger partial charge in [0.05, 0.1) is 11.9 Å². The van der Waals surface area contributed by atoms with E-state index in [1.54, 1.807) is 13.8 Å². The number of hydrogen-bond acceptors (Lipinski definition) is 8. The molecule has 0 aliphatic carbocycles. The van der Waals surface area contributed by atoms with Gasteiger partial charge in [-0.3, -0.25) is 9.48 Å². The third kappa shape index (κ3) is 7.95. The average Bonchev–Trinajstić information content (AvgIpc) is 3.39. The Morgan fingerprint density at radius 2 is 1.94 bits per heavy atom. The number of halogens is 1. The molecule has 1 N–H and O–H groups in total. The number of carboxylic acid groups (broad SMARTS) is 1. The van der Waals surface area contributed by atoms with Crippen molar-refractivity contribution in [3.63, 3.8) is 0 Å². The first kappa shape index (κ1) is 28.1. The highest BCUT2D eigenvalue weighted by molar-refractivity contribution is 8.02. The monoisotopic (exact) mass is 524 g/mol. The van der Waals surface area contributed by atoms with Gasteiger partial charge in [-0.1, -0.05) is 32.5 Å². The van der Waals surface area contributed by atoms with E-state index >= 15 is 0 Å². The fraction of sp³-hybridized carbons (Fsp3) is 0.522. The first-order valence-electron chi connectivity index (χ1n) is 11.1. The van der Waals surface area contributed by atoms with E-state index in [2.05, 4.69) is 51.9 Å². The van der Waals surface area contributed by atoms with Crippen LogP contribution in [-0.2, 0) is 30.7 Å². The van der Waals surface area contributed by atoms with Crippen molar-refractivity contribution >= 4 is 47.4 Å². The van der Waals surface area contributed by atoms with Crippen LogP contribution in [0.3, 0.4) is 0 Å². The van der Waals surface area contributed by atoms with Gasteiger partial charge in [0.25, 0.3) is 0 Å². The van der Waals surface area contributed by atoms with Gasteiger partial charge < -0.3 is 10.0 Å². The van der Waals surface area contributed by atoms with Crippen molar-refractivity contribution < 1.29 is 9.90 Å². The SMILES string of the molecule is CCc1cnc(N(CCc2csc(SC(C)(C)C(=O)O)n2)Cc2cnn(CC(C)C)c2)nc1.Cl. The second kappa shape index (κ2) is 12.5. The minimum atomic E-state index is -0.911. The molecule has 0 radical (unpaired) electrons. The van der Waals surface area contributed by atoms with Crippen LogP contribution >= 0.6 is 35.5 Å². The van der Waals surface area contributed by atoms with Gasteiger partial charge in [0.15, 0.2) is 4.34 Å². The van der Waals surface area contributed by atoms with E-state index in [1.807, 2.05) is 28.7 Å². The molecule has 3 rings (SSSR count). The van der Waals surface area contributed by atoms with Gasteiger partial charge in [-0.25, -0.2) is 15.0 Å². The van der Waals surface area contributed by atoms with E-state index in [9.17, 15) is 9.90 Å². The van der Waals surface area contributed by atoms with Crippen LogP contribution in [0.25, 0.3) is 0 Å². The van der Waals surface area contributed by atoms with Crippen LogP contribution in [0.4, 0.5) is 5.95 Å². The summed E-state index contributed by atoms with van der Waals surface area (Å²) in [6, 6.07) is 0. The van der Waals surface area contributed by atoms with Crippen LogP contribution in [0, 0.1) is 5.92 Å². The second-order valence-electron chi connectivity index (χ2n) is 8.90. The number of aliphatic carboxylic acids is 1. The maximum absolute atomic E-state index is 11.4. The summed E-state index contributed by atoms with van der Waals surface area (Å²) in [7, 11) is 0. The highest BCUT2D eigenvalue weighted by Gasteiger charge is 2.29. The lowest BCUT2D eigenvalue weighted by atomic mass is 10.2. The zero-order valence-electron chi connectivity index (χ0n) is 20.3. The first-order chi connectivity index (χ1) is 15.7. The van der Waals surface area contributed by atoms with Gasteiger partial charge in [-0.2, -0.15) is 5.10 Å². The Balaban J connectivity index is 0.00000408. The van der Waals surface area contributed by atoms with Crippen molar-refractivity contribution in [3.05, 3.63) is 47.0 Å². The summed E-state index contributed by atoms with van der Waals surface area (Å²) in [4.78, 5) is 27.4. The lowest BCUT2D eigenvalue weighted by Gasteiger charge is -2.21. The van der Waals surface area contributed by atoms with Crippen molar-refractivity contribution in [3.8, 4) is 0 Å². The number of carboxylic acids is 1. The molecule has 186 valence electrons. The summed E-state index contributed by atoms with van der Waals surface area (Å²) in [6.07, 6.45) is 9.35. The van der Waals surface area contributed by atoms with Crippen molar-refractivity contribution in [2.45, 2.75) is 69.6 Å². The second-order valence-corrected chi connectivity index (χ2v) is 11.6. The molecule has 11 heteroatoms. The van der Waals surface area contributed by atoms with E-state index in [1.165, 1.54) is 23.1 Å². The summed E-state index contributed by atoms with van der Waals surface area (Å²) in [5.74, 6) is 0.364. The van der Waals surface area contributed by atoms with Gasteiger partial charge >= 0.3 is 5.97 Å². The molecule has 0 aromatic carbocycles. The zero-order valence-corrected chi connectivity index (χ0v) is 22.7. The number of anilines is 1. The van der Waals surface area contributed by atoms with Gasteiger partial charge in [0.1, 0.15) is 4.75 Å². The van der Waals surface area contributed by atoms with E-state index in [4.69, 9.17) is 0 Å². The topological polar surface area (TPSA) is 97.0 Å². The summed E-state index contributed by atoms with van der Waals surface area (Å²) < 4.78 is 1.84. The van der Waals surface area contributed by atoms with Crippen LogP contribution in [0.1, 0.15) is 51.4 Å². The Hall–Kier alpha value is -2.17. The fourth-order valence-electron chi connectivity index (χ4n) is 3.09. The van der Waals surface area contributed by atoms with Gasteiger partial charge in [-0.15, -0.1) is 23.7 Å². The van der Waals surface area contributed by atoms with Gasteiger partial charge in [0.2, 0.25) is 5.95 Å². The highest BCUT2D eigenvalue weighted by atomic mass is 35.5. The van der Waals surface area contributed by atoms with Crippen LogP contribution in [-0.4, -0.2) is 47.1 Å². The fourth-order valence-corrected chi connectivity index (χ4v) is 5.31. The van der Waals surface area contributed by atoms with Crippen molar-refractivity contribution in [1.29, 1.82) is 0 Å². The Bertz CT molecular complexity index is 1050. The van der Waals surface area contributed by atoms with E-state index in [0.29, 0.717) is 31.4 Å². The molecule has 0 spiro atoms. The molecule has 0 atom stereocenters. The number of thiazole rings is 1. The number of hydrogen-bond donors (Lipinski definition) is 1. The standard InChI is InChI=1S/C23H32N6O2S2.ClH/c1-6-17-9-24-21(25-10-17)28(13-18-11-26-29(14-18)12-16(2)3)8-7-19-15-32-22(27-19)33-23(4,5)20(30)31;/h9-11,14-16H,6-8,12-13H2,1-5H3,(H,30,31);1H. The molecule has 8 nitrogen and oxygen atoms in total. The third-order valence-corrected chi connectivity index (χ3v) is 7.19. The molecule has 0 aliphatic heterocycles. The maximum Gasteiger partial charge on any atom is 0.319 e. The Kier molecular flexibility index (Phi) is 10.3. The lowest BCUT2D eigenvalue weighted by molar-refractivity contribution is -0.138. The van der Waals surface area contributed by atoms with Crippen LogP contribution in [0.2, 0.25) is 0 Å². The Morgan fingerprint density at radius 1 is 1.24 bits per heavy atom. The predicted molar refractivity (Wildman–Crippen MR) is 140 cm³/mol. The number of aryl methyl sites for hydroxylation is 1. The van der Waals surface area contributed by atoms with Crippen LogP contribution in [0.5, 0.6) is 0 Å². The Labute approximate surface area is 215 Å². The lowest BCUT2D eigenvalue weighted by Crippen LogP contribution is -2.27. The number of carbonyl (C=O) groups is 1. The molecule has 0 saturated carbocycles. The van der Waals surface area contributed by atoms with E-state index < -0.39 is 10.7 Å². The number of aromatic nitrogens is 5. The summed E-state index contributed by atoms with van der Waals surface area (Å²) in [5, 5.41) is 15.9. The number of rotatable bonds is 12. The molecule has 0 aliphatic rings. The molecule has 3 heterocycles. The molecule has 0 fully saturated rings. The predicted octanol–water partition coefficient (Wildman–Crippen LogP) is 4.97. The molecule has 0 amide bonds. The maximum atomic E-state index is 11.4.